The van der Waals surface area contributed by atoms with Crippen LogP contribution in [0.1, 0.15) is 44.0 Å². The molecule has 0 spiro atoms. The number of hydrogen-bond acceptors (Lipinski definition) is 5. The Kier molecular flexibility index (Phi) is 7.36. The molecule has 1 aliphatic rings. The van der Waals surface area contributed by atoms with E-state index in [1.165, 1.54) is 4.90 Å². The van der Waals surface area contributed by atoms with Gasteiger partial charge < -0.3 is 14.7 Å². The number of nitrogens with zero attached hydrogens (tertiary/aromatic N) is 2. The Labute approximate surface area is 177 Å². The van der Waals surface area contributed by atoms with Gasteiger partial charge in [0.1, 0.15) is 6.04 Å². The quantitative estimate of drug-likeness (QED) is 0.605. The summed E-state index contributed by atoms with van der Waals surface area (Å²) >= 11 is 0. The summed E-state index contributed by atoms with van der Waals surface area (Å²) in [7, 11) is 0. The Balaban J connectivity index is 1.80. The number of aliphatic hydroxyl groups is 1. The molecule has 0 aliphatic carbocycles. The molecule has 158 valence electrons. The first-order valence-corrected chi connectivity index (χ1v) is 10.3. The number of amides is 1. The van der Waals surface area contributed by atoms with Gasteiger partial charge in [0.15, 0.2) is 11.5 Å². The lowest BCUT2D eigenvalue weighted by Crippen LogP contribution is -2.33. The molecule has 0 saturated carbocycles. The highest BCUT2D eigenvalue weighted by atomic mass is 16.5. The average molecular weight is 408 g/mol. The van der Waals surface area contributed by atoms with Crippen LogP contribution in [0, 0.1) is 0 Å². The number of Topliss-reactive ketones (excluding diaryl/α,β-unsaturated/α-hetero) is 1. The van der Waals surface area contributed by atoms with Crippen molar-refractivity contribution in [1.82, 2.24) is 9.88 Å². The number of rotatable bonds is 10. The molecule has 1 atom stereocenters. The van der Waals surface area contributed by atoms with Crippen LogP contribution in [0.4, 0.5) is 0 Å². The second kappa shape index (κ2) is 10.2. The van der Waals surface area contributed by atoms with Gasteiger partial charge in [0.05, 0.1) is 17.4 Å². The van der Waals surface area contributed by atoms with Crippen LogP contribution in [0.15, 0.2) is 66.1 Å². The zero-order chi connectivity index (χ0) is 21.5. The summed E-state index contributed by atoms with van der Waals surface area (Å²) in [4.78, 5) is 31.8. The summed E-state index contributed by atoms with van der Waals surface area (Å²) in [5.41, 5.74) is 1.74. The Morgan fingerprint density at radius 1 is 1.17 bits per heavy atom. The second-order valence-corrected chi connectivity index (χ2v) is 7.60. The van der Waals surface area contributed by atoms with Gasteiger partial charge in [-0.15, -0.1) is 0 Å². The number of pyridine rings is 1. The number of aryl methyl sites for hydroxylation is 1. The summed E-state index contributed by atoms with van der Waals surface area (Å²) < 4.78 is 5.57. The molecule has 1 unspecified atom stereocenters. The Morgan fingerprint density at radius 3 is 2.57 bits per heavy atom. The zero-order valence-corrected chi connectivity index (χ0v) is 17.5. The number of carbonyl (C=O) groups excluding carboxylic acids is 2. The zero-order valence-electron chi connectivity index (χ0n) is 17.5. The Bertz CT molecular complexity index is 894. The molecule has 1 aliphatic heterocycles. The Hall–Kier alpha value is -2.99. The number of aliphatic hydroxyl groups excluding tert-OH is 1. The predicted molar refractivity (Wildman–Crippen MR) is 114 cm³/mol. The lowest BCUT2D eigenvalue weighted by molar-refractivity contribution is -0.129. The van der Waals surface area contributed by atoms with Gasteiger partial charge in [0, 0.05) is 25.8 Å². The summed E-state index contributed by atoms with van der Waals surface area (Å²) in [6.07, 6.45) is 3.09. The van der Waals surface area contributed by atoms with Crippen LogP contribution < -0.4 is 0 Å². The Morgan fingerprint density at radius 2 is 1.90 bits per heavy atom. The topological polar surface area (TPSA) is 79.7 Å². The van der Waals surface area contributed by atoms with Crippen molar-refractivity contribution in [3.63, 3.8) is 0 Å². The van der Waals surface area contributed by atoms with Crippen LogP contribution in [-0.2, 0) is 20.7 Å². The molecule has 2 aromatic rings. The van der Waals surface area contributed by atoms with E-state index in [9.17, 15) is 14.7 Å². The van der Waals surface area contributed by atoms with E-state index in [0.29, 0.717) is 31.7 Å². The van der Waals surface area contributed by atoms with E-state index in [-0.39, 0.29) is 23.9 Å². The molecule has 0 bridgehead atoms. The van der Waals surface area contributed by atoms with E-state index in [1.54, 1.807) is 18.3 Å². The van der Waals surface area contributed by atoms with E-state index in [2.05, 4.69) is 4.98 Å². The van der Waals surface area contributed by atoms with Gasteiger partial charge in [-0.1, -0.05) is 36.4 Å². The maximum absolute atomic E-state index is 13.1. The van der Waals surface area contributed by atoms with E-state index < -0.39 is 17.7 Å². The van der Waals surface area contributed by atoms with Gasteiger partial charge in [-0.05, 0) is 44.4 Å². The normalized spacial score (nSPS) is 16.6. The third-order valence-electron chi connectivity index (χ3n) is 5.05. The standard InChI is InChI=1S/C24H28N2O4/c1-17(2)30-16-8-15-26-22(19-11-6-7-14-25-19)21(23(28)24(26)29)20(27)13-12-18-9-4-3-5-10-18/h3-7,9-11,14,17,22,28H,8,12-13,15-16H2,1-2H3. The van der Waals surface area contributed by atoms with Crippen LogP contribution in [0.3, 0.4) is 0 Å². The fourth-order valence-electron chi connectivity index (χ4n) is 3.61. The summed E-state index contributed by atoms with van der Waals surface area (Å²) in [5.74, 6) is -1.23. The molecule has 30 heavy (non-hydrogen) atoms. The van der Waals surface area contributed by atoms with Gasteiger partial charge in [-0.2, -0.15) is 0 Å². The highest BCUT2D eigenvalue weighted by Crippen LogP contribution is 2.37. The minimum atomic E-state index is -0.680. The van der Waals surface area contributed by atoms with E-state index in [0.717, 1.165) is 5.56 Å². The molecule has 0 saturated heterocycles. The third kappa shape index (κ3) is 5.13. The summed E-state index contributed by atoms with van der Waals surface area (Å²) in [6.45, 7) is 4.77. The molecule has 1 amide bonds. The number of benzene rings is 1. The molecule has 0 fully saturated rings. The van der Waals surface area contributed by atoms with Crippen molar-refractivity contribution >= 4 is 11.7 Å². The molecule has 3 rings (SSSR count). The summed E-state index contributed by atoms with van der Waals surface area (Å²) in [5, 5.41) is 10.6. The van der Waals surface area contributed by atoms with Crippen LogP contribution in [-0.4, -0.2) is 45.9 Å². The van der Waals surface area contributed by atoms with Crippen molar-refractivity contribution in [2.75, 3.05) is 13.2 Å². The predicted octanol–water partition coefficient (Wildman–Crippen LogP) is 3.79. The van der Waals surface area contributed by atoms with Crippen molar-refractivity contribution in [2.24, 2.45) is 0 Å². The minimum Gasteiger partial charge on any atom is -0.503 e. The lowest BCUT2D eigenvalue weighted by atomic mass is 9.95. The molecule has 0 radical (unpaired) electrons. The second-order valence-electron chi connectivity index (χ2n) is 7.60. The maximum Gasteiger partial charge on any atom is 0.290 e. The van der Waals surface area contributed by atoms with Crippen molar-refractivity contribution in [3.8, 4) is 0 Å². The first kappa shape index (κ1) is 21.7. The molecule has 6 heteroatoms. The van der Waals surface area contributed by atoms with Crippen LogP contribution in [0.2, 0.25) is 0 Å². The average Bonchev–Trinajstić information content (AvgIpc) is 3.01. The number of ether oxygens (including phenoxy) is 1. The smallest absolute Gasteiger partial charge is 0.290 e. The largest absolute Gasteiger partial charge is 0.503 e. The SMILES string of the molecule is CC(C)OCCCN1C(=O)C(O)=C(C(=O)CCc2ccccc2)C1c1ccccn1. The van der Waals surface area contributed by atoms with Gasteiger partial charge in [-0.25, -0.2) is 0 Å². The minimum absolute atomic E-state index is 0.104. The number of carbonyl (C=O) groups is 2. The van der Waals surface area contributed by atoms with Crippen LogP contribution >= 0.6 is 0 Å². The van der Waals surface area contributed by atoms with Gasteiger partial charge in [0.2, 0.25) is 0 Å². The van der Waals surface area contributed by atoms with Crippen LogP contribution in [0.5, 0.6) is 0 Å². The van der Waals surface area contributed by atoms with Crippen molar-refractivity contribution in [2.45, 2.75) is 45.3 Å². The monoisotopic (exact) mass is 408 g/mol. The fraction of sp³-hybridized carbons (Fsp3) is 0.375. The maximum atomic E-state index is 13.1. The highest BCUT2D eigenvalue weighted by molar-refractivity contribution is 6.08. The molecular weight excluding hydrogens is 380 g/mol. The first-order chi connectivity index (χ1) is 14.5. The number of ketones is 1. The molecule has 1 N–H and O–H groups in total. The van der Waals surface area contributed by atoms with Gasteiger partial charge in [0.25, 0.3) is 5.91 Å². The van der Waals surface area contributed by atoms with Gasteiger partial charge in [-0.3, -0.25) is 14.6 Å². The molecule has 1 aromatic heterocycles. The van der Waals surface area contributed by atoms with E-state index >= 15 is 0 Å². The lowest BCUT2D eigenvalue weighted by Gasteiger charge is -2.26. The first-order valence-electron chi connectivity index (χ1n) is 10.3. The third-order valence-corrected chi connectivity index (χ3v) is 5.05. The molecule has 6 nitrogen and oxygen atoms in total. The van der Waals surface area contributed by atoms with E-state index in [1.807, 2.05) is 50.2 Å². The van der Waals surface area contributed by atoms with Crippen molar-refractivity contribution in [3.05, 3.63) is 77.3 Å². The molecule has 2 heterocycles. The fourth-order valence-corrected chi connectivity index (χ4v) is 3.61. The molecular formula is C24H28N2O4. The highest BCUT2D eigenvalue weighted by Gasteiger charge is 2.43. The molecule has 1 aromatic carbocycles. The van der Waals surface area contributed by atoms with E-state index in [4.69, 9.17) is 4.74 Å². The van der Waals surface area contributed by atoms with Crippen molar-refractivity contribution in [1.29, 1.82) is 0 Å². The van der Waals surface area contributed by atoms with Gasteiger partial charge >= 0.3 is 0 Å². The summed E-state index contributed by atoms with van der Waals surface area (Å²) in [6, 6.07) is 14.4. The van der Waals surface area contributed by atoms with Crippen molar-refractivity contribution < 1.29 is 19.4 Å². The number of aromatic nitrogens is 1. The number of hydrogen-bond donors (Lipinski definition) is 1. The van der Waals surface area contributed by atoms with Crippen LogP contribution in [0.25, 0.3) is 0 Å².